The minimum atomic E-state index is -0.680. The Balaban J connectivity index is 3.01. The summed E-state index contributed by atoms with van der Waals surface area (Å²) in [6, 6.07) is 3.27. The van der Waals surface area contributed by atoms with Gasteiger partial charge in [-0.05, 0) is 24.1 Å². The molecule has 1 aromatic rings. The summed E-state index contributed by atoms with van der Waals surface area (Å²) in [5, 5.41) is 0.266. The lowest BCUT2D eigenvalue weighted by Crippen LogP contribution is -2.36. The van der Waals surface area contributed by atoms with Gasteiger partial charge in [0.1, 0.15) is 5.82 Å². The molecule has 0 aliphatic heterocycles. The zero-order chi connectivity index (χ0) is 11.6. The van der Waals surface area contributed by atoms with Crippen molar-refractivity contribution in [3.8, 4) is 0 Å². The molecule has 0 amide bonds. The van der Waals surface area contributed by atoms with E-state index in [9.17, 15) is 9.18 Å². The number of nitrogens with two attached hydrogens (primary N) is 1. The fourth-order valence-electron chi connectivity index (χ4n) is 1.17. The Hall–Kier alpha value is -0.930. The first-order chi connectivity index (χ1) is 6.93. The number of hydrogen-bond donors (Lipinski definition) is 1. The summed E-state index contributed by atoms with van der Waals surface area (Å²) >= 11 is 5.58. The molecule has 0 bridgehead atoms. The summed E-state index contributed by atoms with van der Waals surface area (Å²) < 4.78 is 13.4. The highest BCUT2D eigenvalue weighted by Crippen LogP contribution is 2.17. The average molecular weight is 230 g/mol. The van der Waals surface area contributed by atoms with Gasteiger partial charge < -0.3 is 5.73 Å². The predicted octanol–water partition coefficient (Wildman–Crippen LogP) is 2.65. The fourth-order valence-corrected chi connectivity index (χ4v) is 1.33. The van der Waals surface area contributed by atoms with Crippen molar-refractivity contribution in [1.82, 2.24) is 0 Å². The van der Waals surface area contributed by atoms with Gasteiger partial charge in [-0.15, -0.1) is 0 Å². The maximum atomic E-state index is 13.4. The van der Waals surface area contributed by atoms with E-state index in [2.05, 4.69) is 0 Å². The smallest absolute Gasteiger partial charge is 0.182 e. The Labute approximate surface area is 93.2 Å². The van der Waals surface area contributed by atoms with Crippen molar-refractivity contribution in [2.75, 3.05) is 0 Å². The Bertz CT molecular complexity index is 379. The molecule has 0 saturated heterocycles. The fraction of sp³-hybridized carbons (Fsp3) is 0.364. The first-order valence-corrected chi connectivity index (χ1v) is 5.06. The van der Waals surface area contributed by atoms with Crippen LogP contribution in [-0.4, -0.2) is 11.8 Å². The summed E-state index contributed by atoms with van der Waals surface area (Å²) in [6.07, 6.45) is 0. The van der Waals surface area contributed by atoms with Gasteiger partial charge >= 0.3 is 0 Å². The van der Waals surface area contributed by atoms with Gasteiger partial charge in [0.25, 0.3) is 0 Å². The zero-order valence-corrected chi connectivity index (χ0v) is 9.38. The molecule has 0 aliphatic rings. The average Bonchev–Trinajstić information content (AvgIpc) is 2.15. The highest BCUT2D eigenvalue weighted by Gasteiger charge is 2.21. The number of hydrogen-bond acceptors (Lipinski definition) is 2. The predicted molar refractivity (Wildman–Crippen MR) is 58.6 cm³/mol. The third-order valence-corrected chi connectivity index (χ3v) is 2.45. The van der Waals surface area contributed by atoms with Crippen molar-refractivity contribution in [2.45, 2.75) is 19.9 Å². The van der Waals surface area contributed by atoms with Crippen LogP contribution in [0.3, 0.4) is 0 Å². The molecular formula is C11H13ClFNO. The van der Waals surface area contributed by atoms with Crippen LogP contribution in [0.5, 0.6) is 0 Å². The van der Waals surface area contributed by atoms with E-state index in [1.165, 1.54) is 12.1 Å². The molecule has 1 atom stereocenters. The lowest BCUT2D eigenvalue weighted by Gasteiger charge is -2.14. The summed E-state index contributed by atoms with van der Waals surface area (Å²) in [4.78, 5) is 11.7. The molecule has 0 saturated carbocycles. The van der Waals surface area contributed by atoms with Crippen LogP contribution in [0.15, 0.2) is 18.2 Å². The van der Waals surface area contributed by atoms with Crippen LogP contribution in [0.1, 0.15) is 24.2 Å². The van der Waals surface area contributed by atoms with Crippen molar-refractivity contribution in [3.63, 3.8) is 0 Å². The van der Waals surface area contributed by atoms with Crippen LogP contribution in [0.2, 0.25) is 5.02 Å². The highest BCUT2D eigenvalue weighted by molar-refractivity contribution is 6.30. The highest BCUT2D eigenvalue weighted by atomic mass is 35.5. The second-order valence-corrected chi connectivity index (χ2v) is 4.19. The number of rotatable bonds is 3. The SMILES string of the molecule is CC(C)C(N)C(=O)c1ccc(Cl)cc1F. The topological polar surface area (TPSA) is 43.1 Å². The van der Waals surface area contributed by atoms with Crippen LogP contribution in [0.4, 0.5) is 4.39 Å². The largest absolute Gasteiger partial charge is 0.321 e. The first kappa shape index (κ1) is 12.1. The quantitative estimate of drug-likeness (QED) is 0.810. The zero-order valence-electron chi connectivity index (χ0n) is 8.63. The van der Waals surface area contributed by atoms with E-state index in [0.717, 1.165) is 6.07 Å². The molecule has 0 aromatic heterocycles. The molecule has 0 radical (unpaired) electrons. The molecule has 0 spiro atoms. The molecule has 2 nitrogen and oxygen atoms in total. The number of benzene rings is 1. The van der Waals surface area contributed by atoms with Gasteiger partial charge in [-0.3, -0.25) is 4.79 Å². The molecule has 82 valence electrons. The van der Waals surface area contributed by atoms with Crippen LogP contribution >= 0.6 is 11.6 Å². The number of carbonyl (C=O) groups excluding carboxylic acids is 1. The lowest BCUT2D eigenvalue weighted by molar-refractivity contribution is 0.0936. The van der Waals surface area contributed by atoms with Crippen LogP contribution in [0.25, 0.3) is 0 Å². The first-order valence-electron chi connectivity index (χ1n) is 4.68. The molecule has 0 aliphatic carbocycles. The van der Waals surface area contributed by atoms with E-state index in [-0.39, 0.29) is 22.3 Å². The molecule has 0 fully saturated rings. The van der Waals surface area contributed by atoms with E-state index in [0.29, 0.717) is 0 Å². The Morgan fingerprint density at radius 1 is 1.47 bits per heavy atom. The van der Waals surface area contributed by atoms with E-state index in [4.69, 9.17) is 17.3 Å². The Kier molecular flexibility index (Phi) is 3.83. The van der Waals surface area contributed by atoms with Crippen LogP contribution < -0.4 is 5.73 Å². The maximum absolute atomic E-state index is 13.4. The number of Topliss-reactive ketones (excluding diaryl/α,β-unsaturated/α-hetero) is 1. The lowest BCUT2D eigenvalue weighted by atomic mass is 9.96. The Morgan fingerprint density at radius 3 is 2.53 bits per heavy atom. The Morgan fingerprint density at radius 2 is 2.07 bits per heavy atom. The van der Waals surface area contributed by atoms with Crippen molar-refractivity contribution in [2.24, 2.45) is 11.7 Å². The minimum Gasteiger partial charge on any atom is -0.321 e. The minimum absolute atomic E-state index is 0.000556. The number of ketones is 1. The second-order valence-electron chi connectivity index (χ2n) is 3.76. The molecule has 4 heteroatoms. The van der Waals surface area contributed by atoms with Crippen molar-refractivity contribution < 1.29 is 9.18 Å². The maximum Gasteiger partial charge on any atom is 0.182 e. The summed E-state index contributed by atoms with van der Waals surface area (Å²) in [5.41, 5.74) is 5.65. The monoisotopic (exact) mass is 229 g/mol. The summed E-state index contributed by atoms with van der Waals surface area (Å²) in [6.45, 7) is 3.63. The molecule has 15 heavy (non-hydrogen) atoms. The van der Waals surface area contributed by atoms with Gasteiger partial charge in [-0.1, -0.05) is 25.4 Å². The molecular weight excluding hydrogens is 217 g/mol. The summed E-state index contributed by atoms with van der Waals surface area (Å²) in [7, 11) is 0. The third-order valence-electron chi connectivity index (χ3n) is 2.22. The van der Waals surface area contributed by atoms with Crippen molar-refractivity contribution >= 4 is 17.4 Å². The van der Waals surface area contributed by atoms with Crippen molar-refractivity contribution in [1.29, 1.82) is 0 Å². The second kappa shape index (κ2) is 4.73. The van der Waals surface area contributed by atoms with Gasteiger partial charge in [0.05, 0.1) is 11.6 Å². The number of halogens is 2. The normalized spacial score (nSPS) is 12.9. The van der Waals surface area contributed by atoms with Crippen LogP contribution in [0, 0.1) is 11.7 Å². The molecule has 1 unspecified atom stereocenters. The van der Waals surface area contributed by atoms with E-state index >= 15 is 0 Å². The summed E-state index contributed by atoms with van der Waals surface area (Å²) in [5.74, 6) is -1.03. The van der Waals surface area contributed by atoms with Crippen molar-refractivity contribution in [3.05, 3.63) is 34.6 Å². The molecule has 2 N–H and O–H groups in total. The number of carbonyl (C=O) groups is 1. The molecule has 1 rings (SSSR count). The van der Waals surface area contributed by atoms with Gasteiger partial charge in [0, 0.05) is 5.02 Å². The van der Waals surface area contributed by atoms with E-state index in [1.807, 2.05) is 13.8 Å². The standard InChI is InChI=1S/C11H13ClFNO/c1-6(2)10(14)11(15)8-4-3-7(12)5-9(8)13/h3-6,10H,14H2,1-2H3. The van der Waals surface area contributed by atoms with Gasteiger partial charge in [-0.25, -0.2) is 4.39 Å². The molecule has 1 aromatic carbocycles. The molecule has 0 heterocycles. The van der Waals surface area contributed by atoms with Crippen LogP contribution in [-0.2, 0) is 0 Å². The van der Waals surface area contributed by atoms with Gasteiger partial charge in [-0.2, -0.15) is 0 Å². The van der Waals surface area contributed by atoms with E-state index < -0.39 is 11.9 Å². The van der Waals surface area contributed by atoms with E-state index in [1.54, 1.807) is 0 Å². The third kappa shape index (κ3) is 2.76. The van der Waals surface area contributed by atoms with Gasteiger partial charge in [0.2, 0.25) is 0 Å². The van der Waals surface area contributed by atoms with Gasteiger partial charge in [0.15, 0.2) is 5.78 Å².